The third-order valence-corrected chi connectivity index (χ3v) is 1.57. The molecule has 0 amide bonds. The van der Waals surface area contributed by atoms with E-state index in [9.17, 15) is 9.59 Å². The first-order valence-electron chi connectivity index (χ1n) is 3.47. The maximum absolute atomic E-state index is 10.2. The van der Waals surface area contributed by atoms with Gasteiger partial charge in [0.2, 0.25) is 0 Å². The smallest absolute Gasteiger partial charge is 0.335 e. The predicted molar refractivity (Wildman–Crippen MR) is 41.7 cm³/mol. The maximum atomic E-state index is 10.2. The molecule has 0 aromatic carbocycles. The van der Waals surface area contributed by atoms with Crippen LogP contribution in [-0.2, 0) is 9.59 Å². The zero-order valence-electron chi connectivity index (χ0n) is 6.70. The van der Waals surface area contributed by atoms with Crippen LogP contribution in [0.5, 0.6) is 0 Å². The number of aliphatic carboxylic acids is 1. The lowest BCUT2D eigenvalue weighted by atomic mass is 10.0. The van der Waals surface area contributed by atoms with Crippen LogP contribution >= 0.6 is 0 Å². The van der Waals surface area contributed by atoms with Crippen LogP contribution in [0, 0.1) is 0 Å². The Bertz CT molecular complexity index is 197. The first-order chi connectivity index (χ1) is 5.91. The van der Waals surface area contributed by atoms with Crippen molar-refractivity contribution < 1.29 is 24.9 Å². The van der Waals surface area contributed by atoms with Crippen LogP contribution in [0.15, 0.2) is 0 Å². The number of hydrogen-bond acceptors (Lipinski definition) is 6. The van der Waals surface area contributed by atoms with Crippen molar-refractivity contribution in [1.82, 2.24) is 0 Å². The van der Waals surface area contributed by atoms with Gasteiger partial charge in [0.15, 0.2) is 6.10 Å². The van der Waals surface area contributed by atoms with E-state index in [1.807, 2.05) is 0 Å². The second kappa shape index (κ2) is 4.87. The number of carbonyl (C=O) groups is 2. The maximum Gasteiger partial charge on any atom is 0.335 e. The molecule has 7 N–H and O–H groups in total. The molecular formula is C6H12N2O5. The van der Waals surface area contributed by atoms with Gasteiger partial charge in [0.25, 0.3) is 0 Å². The summed E-state index contributed by atoms with van der Waals surface area (Å²) < 4.78 is 0. The molecular weight excluding hydrogens is 180 g/mol. The first kappa shape index (κ1) is 12.0. The molecule has 0 bridgehead atoms. The van der Waals surface area contributed by atoms with Gasteiger partial charge in [-0.2, -0.15) is 0 Å². The molecule has 0 aliphatic carbocycles. The topological polar surface area (TPSA) is 147 Å². The van der Waals surface area contributed by atoms with Gasteiger partial charge in [0.05, 0.1) is 12.1 Å². The monoisotopic (exact) mass is 192 g/mol. The first-order valence-corrected chi connectivity index (χ1v) is 3.47. The predicted octanol–water partition coefficient (Wildman–Crippen LogP) is -3.35. The van der Waals surface area contributed by atoms with Crippen molar-refractivity contribution in [2.24, 2.45) is 11.5 Å². The van der Waals surface area contributed by atoms with Crippen LogP contribution in [-0.4, -0.2) is 51.9 Å². The lowest BCUT2D eigenvalue weighted by Gasteiger charge is -2.22. The van der Waals surface area contributed by atoms with E-state index in [-0.39, 0.29) is 6.29 Å². The highest BCUT2D eigenvalue weighted by molar-refractivity contribution is 5.73. The van der Waals surface area contributed by atoms with Gasteiger partial charge in [-0.3, -0.25) is 0 Å². The van der Waals surface area contributed by atoms with Crippen LogP contribution in [0.2, 0.25) is 0 Å². The van der Waals surface area contributed by atoms with Gasteiger partial charge in [-0.1, -0.05) is 0 Å². The number of rotatable bonds is 5. The van der Waals surface area contributed by atoms with E-state index in [4.69, 9.17) is 26.8 Å². The van der Waals surface area contributed by atoms with Gasteiger partial charge >= 0.3 is 5.97 Å². The second-order valence-electron chi connectivity index (χ2n) is 2.56. The number of aliphatic hydroxyl groups excluding tert-OH is 2. The minimum absolute atomic E-state index is 0.266. The van der Waals surface area contributed by atoms with Gasteiger partial charge in [0, 0.05) is 0 Å². The zero-order chi connectivity index (χ0) is 10.6. The molecule has 0 saturated heterocycles. The number of carboxylic acid groups (broad SMARTS) is 1. The minimum atomic E-state index is -2.04. The van der Waals surface area contributed by atoms with Crippen molar-refractivity contribution in [2.45, 2.75) is 24.3 Å². The number of carboxylic acids is 1. The minimum Gasteiger partial charge on any atom is -0.479 e. The van der Waals surface area contributed by atoms with E-state index in [0.717, 1.165) is 0 Å². The molecule has 7 nitrogen and oxygen atoms in total. The molecule has 0 fully saturated rings. The summed E-state index contributed by atoms with van der Waals surface area (Å²) in [7, 11) is 0. The third kappa shape index (κ3) is 3.07. The highest BCUT2D eigenvalue weighted by atomic mass is 16.4. The summed E-state index contributed by atoms with van der Waals surface area (Å²) >= 11 is 0. The van der Waals surface area contributed by atoms with E-state index in [1.165, 1.54) is 0 Å². The summed E-state index contributed by atoms with van der Waals surface area (Å²) in [5, 5.41) is 26.1. The molecule has 0 aromatic rings. The Balaban J connectivity index is 4.32. The van der Waals surface area contributed by atoms with E-state index >= 15 is 0 Å². The molecule has 0 unspecified atom stereocenters. The molecule has 4 atom stereocenters. The Labute approximate surface area is 73.9 Å². The molecule has 0 aliphatic rings. The van der Waals surface area contributed by atoms with Crippen molar-refractivity contribution in [2.75, 3.05) is 0 Å². The fraction of sp³-hybridized carbons (Fsp3) is 0.667. The van der Waals surface area contributed by atoms with Crippen molar-refractivity contribution in [3.8, 4) is 0 Å². The summed E-state index contributed by atoms with van der Waals surface area (Å²) in [4.78, 5) is 20.3. The van der Waals surface area contributed by atoms with Crippen molar-refractivity contribution >= 4 is 12.3 Å². The normalized spacial score (nSPS) is 20.0. The molecule has 0 heterocycles. The molecule has 7 heteroatoms. The Kier molecular flexibility index (Phi) is 4.49. The summed E-state index contributed by atoms with van der Waals surface area (Å²) in [6.07, 6.45) is -3.54. The molecule has 0 saturated carbocycles. The number of hydrogen-bond donors (Lipinski definition) is 5. The Morgan fingerprint density at radius 3 is 2.08 bits per heavy atom. The van der Waals surface area contributed by atoms with Crippen molar-refractivity contribution in [3.63, 3.8) is 0 Å². The fourth-order valence-corrected chi connectivity index (χ4v) is 0.675. The van der Waals surface area contributed by atoms with E-state index in [2.05, 4.69) is 0 Å². The number of aliphatic hydroxyl groups is 2. The Morgan fingerprint density at radius 1 is 1.31 bits per heavy atom. The SMILES string of the molecule is N[C@@H]([C@H](O)[C@H](O)C(=O)O)[C@@H](N)C=O. The van der Waals surface area contributed by atoms with Gasteiger partial charge in [0.1, 0.15) is 12.4 Å². The fourth-order valence-electron chi connectivity index (χ4n) is 0.675. The van der Waals surface area contributed by atoms with Gasteiger partial charge in [-0.15, -0.1) is 0 Å². The Morgan fingerprint density at radius 2 is 1.77 bits per heavy atom. The van der Waals surface area contributed by atoms with Crippen molar-refractivity contribution in [1.29, 1.82) is 0 Å². The standard InChI is InChI=1S/C6H12N2O5/c7-2(1-9)3(8)4(10)5(11)6(12)13/h1-5,10-11H,7-8H2,(H,12,13)/t2-,3+,4-,5-/m0/s1. The lowest BCUT2D eigenvalue weighted by molar-refractivity contribution is -0.154. The van der Waals surface area contributed by atoms with Crippen LogP contribution in [0.4, 0.5) is 0 Å². The molecule has 13 heavy (non-hydrogen) atoms. The molecule has 0 radical (unpaired) electrons. The number of nitrogens with two attached hydrogens (primary N) is 2. The highest BCUT2D eigenvalue weighted by Gasteiger charge is 2.32. The van der Waals surface area contributed by atoms with Gasteiger partial charge in [-0.05, 0) is 0 Å². The second-order valence-corrected chi connectivity index (χ2v) is 2.56. The molecule has 0 rings (SSSR count). The van der Waals surface area contributed by atoms with Gasteiger partial charge in [-0.25, -0.2) is 4.79 Å². The van der Waals surface area contributed by atoms with Gasteiger partial charge < -0.3 is 31.6 Å². The third-order valence-electron chi connectivity index (χ3n) is 1.57. The molecule has 0 aromatic heterocycles. The highest BCUT2D eigenvalue weighted by Crippen LogP contribution is 2.00. The summed E-state index contributed by atoms with van der Waals surface area (Å²) in [6.45, 7) is 0. The molecule has 76 valence electrons. The largest absolute Gasteiger partial charge is 0.479 e. The molecule has 0 aliphatic heterocycles. The van der Waals surface area contributed by atoms with Crippen LogP contribution < -0.4 is 11.5 Å². The summed E-state index contributed by atoms with van der Waals surface area (Å²) in [5.41, 5.74) is 10.3. The van der Waals surface area contributed by atoms with E-state index < -0.39 is 30.3 Å². The number of carbonyl (C=O) groups excluding carboxylic acids is 1. The van der Waals surface area contributed by atoms with E-state index in [0.29, 0.717) is 0 Å². The van der Waals surface area contributed by atoms with Crippen LogP contribution in [0.3, 0.4) is 0 Å². The number of aldehydes is 1. The lowest BCUT2D eigenvalue weighted by Crippen LogP contribution is -2.55. The Hall–Kier alpha value is -1.02. The average molecular weight is 192 g/mol. The summed E-state index contributed by atoms with van der Waals surface area (Å²) in [6, 6.07) is -2.51. The average Bonchev–Trinajstić information content (AvgIpc) is 2.12. The van der Waals surface area contributed by atoms with Crippen LogP contribution in [0.1, 0.15) is 0 Å². The van der Waals surface area contributed by atoms with Crippen LogP contribution in [0.25, 0.3) is 0 Å². The van der Waals surface area contributed by atoms with Crippen molar-refractivity contribution in [3.05, 3.63) is 0 Å². The quantitative estimate of drug-likeness (QED) is 0.286. The summed E-state index contributed by atoms with van der Waals surface area (Å²) in [5.74, 6) is -1.62. The molecule has 0 spiro atoms. The zero-order valence-corrected chi connectivity index (χ0v) is 6.70. The van der Waals surface area contributed by atoms with E-state index in [1.54, 1.807) is 0 Å².